The maximum Gasteiger partial charge on any atom is 0.251 e. The van der Waals surface area contributed by atoms with Crippen molar-refractivity contribution < 1.29 is 14.7 Å². The molecule has 1 aliphatic rings. The number of carbonyl (C=O) groups is 2. The van der Waals surface area contributed by atoms with Crippen molar-refractivity contribution in [3.63, 3.8) is 0 Å². The van der Waals surface area contributed by atoms with Gasteiger partial charge in [0.05, 0.1) is 0 Å². The lowest BCUT2D eigenvalue weighted by Crippen LogP contribution is -2.52. The average molecular weight is 284 g/mol. The van der Waals surface area contributed by atoms with Crippen LogP contribution in [-0.2, 0) is 9.59 Å². The molecule has 1 N–H and O–H groups in total. The standard InChI is InChI=1S/C15H28N2O3/c1-11(15(3,4)5)10-13(19)16-6-8-17(9-7-16)14(20)12(2)18/h11-12,18H,6-10H2,1-5H3. The molecule has 0 aromatic carbocycles. The molecule has 20 heavy (non-hydrogen) atoms. The quantitative estimate of drug-likeness (QED) is 0.844. The van der Waals surface area contributed by atoms with Gasteiger partial charge in [-0.25, -0.2) is 0 Å². The fourth-order valence-electron chi connectivity index (χ4n) is 2.14. The van der Waals surface area contributed by atoms with Crippen LogP contribution in [0.25, 0.3) is 0 Å². The van der Waals surface area contributed by atoms with E-state index in [0.717, 1.165) is 0 Å². The Morgan fingerprint density at radius 2 is 1.50 bits per heavy atom. The summed E-state index contributed by atoms with van der Waals surface area (Å²) in [5.41, 5.74) is 0.125. The van der Waals surface area contributed by atoms with Gasteiger partial charge in [-0.3, -0.25) is 9.59 Å². The Balaban J connectivity index is 2.45. The molecule has 2 unspecified atom stereocenters. The summed E-state index contributed by atoms with van der Waals surface area (Å²) in [4.78, 5) is 27.3. The van der Waals surface area contributed by atoms with Crippen molar-refractivity contribution in [1.29, 1.82) is 0 Å². The zero-order valence-corrected chi connectivity index (χ0v) is 13.3. The van der Waals surface area contributed by atoms with Gasteiger partial charge in [-0.15, -0.1) is 0 Å². The molecule has 0 aliphatic carbocycles. The molecule has 1 saturated heterocycles. The van der Waals surface area contributed by atoms with Crippen molar-refractivity contribution in [1.82, 2.24) is 9.80 Å². The molecular weight excluding hydrogens is 256 g/mol. The van der Waals surface area contributed by atoms with Gasteiger partial charge in [-0.1, -0.05) is 27.7 Å². The second-order valence-corrected chi connectivity index (χ2v) is 6.85. The lowest BCUT2D eigenvalue weighted by Gasteiger charge is -2.36. The third-order valence-electron chi connectivity index (χ3n) is 4.26. The van der Waals surface area contributed by atoms with Crippen LogP contribution in [0.4, 0.5) is 0 Å². The summed E-state index contributed by atoms with van der Waals surface area (Å²) in [6, 6.07) is 0. The second-order valence-electron chi connectivity index (χ2n) is 6.85. The number of rotatable bonds is 3. The highest BCUT2D eigenvalue weighted by Gasteiger charge is 2.29. The lowest BCUT2D eigenvalue weighted by atomic mass is 9.80. The van der Waals surface area contributed by atoms with Gasteiger partial charge >= 0.3 is 0 Å². The van der Waals surface area contributed by atoms with Crippen molar-refractivity contribution in [3.8, 4) is 0 Å². The molecule has 0 saturated carbocycles. The zero-order valence-electron chi connectivity index (χ0n) is 13.3. The predicted octanol–water partition coefficient (Wildman–Crippen LogP) is 1.11. The largest absolute Gasteiger partial charge is 0.384 e. The average Bonchev–Trinajstić information content (AvgIpc) is 2.36. The normalized spacial score (nSPS) is 19.7. The topological polar surface area (TPSA) is 60.9 Å². The molecule has 5 nitrogen and oxygen atoms in total. The van der Waals surface area contributed by atoms with Crippen LogP contribution >= 0.6 is 0 Å². The van der Waals surface area contributed by atoms with Crippen LogP contribution in [0.5, 0.6) is 0 Å². The maximum atomic E-state index is 12.2. The van der Waals surface area contributed by atoms with Crippen LogP contribution in [0.1, 0.15) is 41.0 Å². The third kappa shape index (κ3) is 4.47. The predicted molar refractivity (Wildman–Crippen MR) is 78.1 cm³/mol. The van der Waals surface area contributed by atoms with E-state index in [4.69, 9.17) is 0 Å². The summed E-state index contributed by atoms with van der Waals surface area (Å²) >= 11 is 0. The molecule has 2 amide bonds. The van der Waals surface area contributed by atoms with E-state index in [1.54, 1.807) is 4.90 Å². The van der Waals surface area contributed by atoms with Gasteiger partial charge in [0.15, 0.2) is 0 Å². The van der Waals surface area contributed by atoms with Gasteiger partial charge in [-0.05, 0) is 18.3 Å². The van der Waals surface area contributed by atoms with E-state index >= 15 is 0 Å². The Bertz CT molecular complexity index is 353. The first-order valence-electron chi connectivity index (χ1n) is 7.37. The number of aliphatic hydroxyl groups excluding tert-OH is 1. The van der Waals surface area contributed by atoms with Crippen LogP contribution in [0, 0.1) is 11.3 Å². The Labute approximate surface area is 121 Å². The van der Waals surface area contributed by atoms with Crippen LogP contribution in [-0.4, -0.2) is 59.0 Å². The van der Waals surface area contributed by atoms with Gasteiger partial charge in [0.2, 0.25) is 5.91 Å². The van der Waals surface area contributed by atoms with E-state index in [1.165, 1.54) is 6.92 Å². The lowest BCUT2D eigenvalue weighted by molar-refractivity contribution is -0.145. The van der Waals surface area contributed by atoms with E-state index < -0.39 is 6.10 Å². The van der Waals surface area contributed by atoms with E-state index in [-0.39, 0.29) is 17.2 Å². The molecule has 1 aliphatic heterocycles. The number of piperazine rings is 1. The molecule has 2 atom stereocenters. The van der Waals surface area contributed by atoms with Crippen LogP contribution in [0.15, 0.2) is 0 Å². The third-order valence-corrected chi connectivity index (χ3v) is 4.26. The number of nitrogens with zero attached hydrogens (tertiary/aromatic N) is 2. The summed E-state index contributed by atoms with van der Waals surface area (Å²) in [5.74, 6) is 0.240. The first kappa shape index (κ1) is 17.0. The molecule has 1 fully saturated rings. The fraction of sp³-hybridized carbons (Fsp3) is 0.867. The van der Waals surface area contributed by atoms with E-state index in [9.17, 15) is 14.7 Å². The van der Waals surface area contributed by atoms with E-state index in [0.29, 0.717) is 38.5 Å². The Hall–Kier alpha value is -1.10. The van der Waals surface area contributed by atoms with Gasteiger partial charge < -0.3 is 14.9 Å². The Morgan fingerprint density at radius 1 is 1.05 bits per heavy atom. The first-order chi connectivity index (χ1) is 9.12. The molecule has 116 valence electrons. The second kappa shape index (κ2) is 6.57. The number of aliphatic hydroxyl groups is 1. The first-order valence-corrected chi connectivity index (χ1v) is 7.37. The number of hydrogen-bond acceptors (Lipinski definition) is 3. The van der Waals surface area contributed by atoms with Crippen molar-refractivity contribution in [2.75, 3.05) is 26.2 Å². The fourth-order valence-corrected chi connectivity index (χ4v) is 2.14. The van der Waals surface area contributed by atoms with Crippen LogP contribution in [0.3, 0.4) is 0 Å². The highest BCUT2D eigenvalue weighted by atomic mass is 16.3. The zero-order chi connectivity index (χ0) is 15.5. The minimum absolute atomic E-state index is 0.125. The molecule has 0 spiro atoms. The summed E-state index contributed by atoms with van der Waals surface area (Å²) in [6.07, 6.45) is -0.411. The number of hydrogen-bond donors (Lipinski definition) is 1. The van der Waals surface area contributed by atoms with E-state index in [2.05, 4.69) is 27.7 Å². The number of amides is 2. The summed E-state index contributed by atoms with van der Waals surface area (Å²) in [6.45, 7) is 12.2. The molecule has 5 heteroatoms. The van der Waals surface area contributed by atoms with Crippen molar-refractivity contribution >= 4 is 11.8 Å². The van der Waals surface area contributed by atoms with E-state index in [1.807, 2.05) is 4.90 Å². The highest BCUT2D eigenvalue weighted by Crippen LogP contribution is 2.28. The molecule has 1 rings (SSSR count). The molecular formula is C15H28N2O3. The van der Waals surface area contributed by atoms with Crippen molar-refractivity contribution in [3.05, 3.63) is 0 Å². The summed E-state index contributed by atoms with van der Waals surface area (Å²) < 4.78 is 0. The maximum absolute atomic E-state index is 12.2. The molecule has 1 heterocycles. The smallest absolute Gasteiger partial charge is 0.251 e. The monoisotopic (exact) mass is 284 g/mol. The Kier molecular flexibility index (Phi) is 5.57. The van der Waals surface area contributed by atoms with Crippen LogP contribution in [0.2, 0.25) is 0 Å². The Morgan fingerprint density at radius 3 is 1.90 bits per heavy atom. The van der Waals surface area contributed by atoms with Gasteiger partial charge in [0, 0.05) is 32.6 Å². The van der Waals surface area contributed by atoms with Gasteiger partial charge in [-0.2, -0.15) is 0 Å². The van der Waals surface area contributed by atoms with Crippen molar-refractivity contribution in [2.24, 2.45) is 11.3 Å². The highest BCUT2D eigenvalue weighted by molar-refractivity contribution is 5.81. The molecule has 0 aromatic heterocycles. The summed E-state index contributed by atoms with van der Waals surface area (Å²) in [5, 5.41) is 9.28. The minimum Gasteiger partial charge on any atom is -0.384 e. The van der Waals surface area contributed by atoms with Crippen molar-refractivity contribution in [2.45, 2.75) is 47.1 Å². The summed E-state index contributed by atoms with van der Waals surface area (Å²) in [7, 11) is 0. The molecule has 0 radical (unpaired) electrons. The van der Waals surface area contributed by atoms with Gasteiger partial charge in [0.1, 0.15) is 6.10 Å². The minimum atomic E-state index is -0.960. The van der Waals surface area contributed by atoms with Gasteiger partial charge in [0.25, 0.3) is 5.91 Å². The SMILES string of the molecule is CC(O)C(=O)N1CCN(C(=O)CC(C)C(C)(C)C)CC1. The number of carbonyl (C=O) groups excluding carboxylic acids is 2. The molecule has 0 bridgehead atoms. The molecule has 0 aromatic rings. The van der Waals surface area contributed by atoms with Crippen LogP contribution < -0.4 is 0 Å².